The number of carbonyl (C=O) groups excluding carboxylic acids is 1. The SMILES string of the molecule is CC(=O)N1CCc2cc(S(=O)(=O)N3CCCC(C(C)N)C3)ccc21.Cl. The first kappa shape index (κ1) is 20.2. The summed E-state index contributed by atoms with van der Waals surface area (Å²) in [5, 5.41) is 0. The Morgan fingerprint density at radius 2 is 2.04 bits per heavy atom. The Kier molecular flexibility index (Phi) is 6.14. The lowest BCUT2D eigenvalue weighted by Crippen LogP contribution is -2.44. The number of amides is 1. The predicted octanol–water partition coefficient (Wildman–Crippen LogP) is 1.77. The lowest BCUT2D eigenvalue weighted by molar-refractivity contribution is -0.116. The molecule has 6 nitrogen and oxygen atoms in total. The first-order chi connectivity index (χ1) is 11.3. The number of nitrogens with zero attached hydrogens (tertiary/aromatic N) is 2. The van der Waals surface area contributed by atoms with Crippen LogP contribution in [0.4, 0.5) is 5.69 Å². The first-order valence-electron chi connectivity index (χ1n) is 8.47. The van der Waals surface area contributed by atoms with E-state index in [9.17, 15) is 13.2 Å². The molecular weight excluding hydrogens is 362 g/mol. The number of rotatable bonds is 3. The van der Waals surface area contributed by atoms with Gasteiger partial charge >= 0.3 is 0 Å². The molecule has 3 rings (SSSR count). The molecule has 2 atom stereocenters. The summed E-state index contributed by atoms with van der Waals surface area (Å²) in [4.78, 5) is 13.6. The molecule has 140 valence electrons. The standard InChI is InChI=1S/C17H25N3O3S.ClH/c1-12(18)15-4-3-8-19(11-15)24(22,23)16-5-6-17-14(10-16)7-9-20(17)13(2)21;/h5-6,10,12,15H,3-4,7-9,11,18H2,1-2H3;1H. The van der Waals surface area contributed by atoms with Gasteiger partial charge in [-0.15, -0.1) is 12.4 Å². The van der Waals surface area contributed by atoms with Crippen molar-refractivity contribution in [3.63, 3.8) is 0 Å². The van der Waals surface area contributed by atoms with E-state index >= 15 is 0 Å². The molecule has 0 aliphatic carbocycles. The van der Waals surface area contributed by atoms with E-state index in [-0.39, 0.29) is 30.3 Å². The normalized spacial score (nSPS) is 22.2. The van der Waals surface area contributed by atoms with Crippen LogP contribution in [0.3, 0.4) is 0 Å². The van der Waals surface area contributed by atoms with E-state index in [0.29, 0.717) is 31.0 Å². The minimum Gasteiger partial charge on any atom is -0.328 e. The van der Waals surface area contributed by atoms with Gasteiger partial charge < -0.3 is 10.6 Å². The smallest absolute Gasteiger partial charge is 0.243 e. The van der Waals surface area contributed by atoms with Gasteiger partial charge in [-0.25, -0.2) is 8.42 Å². The second-order valence-corrected chi connectivity index (χ2v) is 8.77. The van der Waals surface area contributed by atoms with Gasteiger partial charge in [-0.1, -0.05) is 0 Å². The number of anilines is 1. The zero-order valence-electron chi connectivity index (χ0n) is 14.6. The van der Waals surface area contributed by atoms with Crippen molar-refractivity contribution in [3.05, 3.63) is 23.8 Å². The fourth-order valence-electron chi connectivity index (χ4n) is 3.64. The third-order valence-electron chi connectivity index (χ3n) is 5.13. The first-order valence-corrected chi connectivity index (χ1v) is 9.91. The monoisotopic (exact) mass is 387 g/mol. The number of sulfonamides is 1. The van der Waals surface area contributed by atoms with Crippen LogP contribution in [0.5, 0.6) is 0 Å². The van der Waals surface area contributed by atoms with Crippen molar-refractivity contribution in [2.45, 2.75) is 44.0 Å². The summed E-state index contributed by atoms with van der Waals surface area (Å²) in [6.07, 6.45) is 2.51. The number of halogens is 1. The van der Waals surface area contributed by atoms with Crippen molar-refractivity contribution in [2.75, 3.05) is 24.5 Å². The Morgan fingerprint density at radius 1 is 1.32 bits per heavy atom. The van der Waals surface area contributed by atoms with Gasteiger partial charge in [0.05, 0.1) is 4.90 Å². The average Bonchev–Trinajstić information content (AvgIpc) is 2.98. The van der Waals surface area contributed by atoms with Crippen LogP contribution in [0.25, 0.3) is 0 Å². The van der Waals surface area contributed by atoms with E-state index in [1.54, 1.807) is 27.4 Å². The summed E-state index contributed by atoms with van der Waals surface area (Å²) < 4.78 is 27.5. The molecule has 0 spiro atoms. The van der Waals surface area contributed by atoms with Crippen molar-refractivity contribution in [1.82, 2.24) is 4.31 Å². The molecule has 1 saturated heterocycles. The zero-order chi connectivity index (χ0) is 17.5. The van der Waals surface area contributed by atoms with E-state index in [1.807, 2.05) is 6.92 Å². The Hall–Kier alpha value is -1.15. The molecule has 0 radical (unpaired) electrons. The van der Waals surface area contributed by atoms with Crippen molar-refractivity contribution in [3.8, 4) is 0 Å². The number of piperidine rings is 1. The lowest BCUT2D eigenvalue weighted by Gasteiger charge is -2.33. The highest BCUT2D eigenvalue weighted by Gasteiger charge is 2.32. The van der Waals surface area contributed by atoms with E-state index in [0.717, 1.165) is 24.1 Å². The highest BCUT2D eigenvalue weighted by Crippen LogP contribution is 2.32. The molecule has 1 aromatic rings. The summed E-state index contributed by atoms with van der Waals surface area (Å²) in [5.74, 6) is 0.191. The molecule has 2 aliphatic heterocycles. The molecular formula is C17H26ClN3O3S. The van der Waals surface area contributed by atoms with E-state index in [1.165, 1.54) is 6.92 Å². The lowest BCUT2D eigenvalue weighted by atomic mass is 9.93. The van der Waals surface area contributed by atoms with Crippen molar-refractivity contribution >= 4 is 34.0 Å². The summed E-state index contributed by atoms with van der Waals surface area (Å²) >= 11 is 0. The number of hydrogen-bond donors (Lipinski definition) is 1. The molecule has 2 unspecified atom stereocenters. The minimum absolute atomic E-state index is 0. The number of hydrogen-bond acceptors (Lipinski definition) is 4. The fraction of sp³-hybridized carbons (Fsp3) is 0.588. The second kappa shape index (κ2) is 7.61. The third-order valence-corrected chi connectivity index (χ3v) is 6.99. The van der Waals surface area contributed by atoms with Crippen LogP contribution in [0.1, 0.15) is 32.3 Å². The zero-order valence-corrected chi connectivity index (χ0v) is 16.3. The number of carbonyl (C=O) groups is 1. The van der Waals surface area contributed by atoms with Gasteiger partial charge in [-0.3, -0.25) is 4.79 Å². The van der Waals surface area contributed by atoms with Gasteiger partial charge in [-0.05, 0) is 55.9 Å². The molecule has 1 aromatic carbocycles. The molecule has 2 heterocycles. The molecule has 1 amide bonds. The van der Waals surface area contributed by atoms with Gasteiger partial charge in [0.15, 0.2) is 0 Å². The fourth-order valence-corrected chi connectivity index (χ4v) is 5.22. The highest BCUT2D eigenvalue weighted by molar-refractivity contribution is 7.89. The Labute approximate surface area is 155 Å². The largest absolute Gasteiger partial charge is 0.328 e. The van der Waals surface area contributed by atoms with Gasteiger partial charge in [0.1, 0.15) is 0 Å². The van der Waals surface area contributed by atoms with Gasteiger partial charge in [0.2, 0.25) is 15.9 Å². The Balaban J connectivity index is 0.00000225. The van der Waals surface area contributed by atoms with Crippen LogP contribution in [-0.2, 0) is 21.2 Å². The molecule has 25 heavy (non-hydrogen) atoms. The van der Waals surface area contributed by atoms with Crippen LogP contribution in [0.2, 0.25) is 0 Å². The molecule has 1 fully saturated rings. The maximum atomic E-state index is 13.0. The summed E-state index contributed by atoms with van der Waals surface area (Å²) in [6.45, 7) is 5.11. The van der Waals surface area contributed by atoms with Crippen LogP contribution in [0, 0.1) is 5.92 Å². The molecule has 0 bridgehead atoms. The van der Waals surface area contributed by atoms with E-state index in [2.05, 4.69) is 0 Å². The third kappa shape index (κ3) is 3.84. The molecule has 0 aromatic heterocycles. The Morgan fingerprint density at radius 3 is 2.68 bits per heavy atom. The summed E-state index contributed by atoms with van der Waals surface area (Å²) in [7, 11) is -3.51. The maximum Gasteiger partial charge on any atom is 0.243 e. The summed E-state index contributed by atoms with van der Waals surface area (Å²) in [5.41, 5.74) is 7.72. The van der Waals surface area contributed by atoms with Crippen LogP contribution < -0.4 is 10.6 Å². The maximum absolute atomic E-state index is 13.0. The van der Waals surface area contributed by atoms with Gasteiger partial charge in [0, 0.05) is 38.3 Å². The van der Waals surface area contributed by atoms with E-state index < -0.39 is 10.0 Å². The van der Waals surface area contributed by atoms with Crippen molar-refractivity contribution < 1.29 is 13.2 Å². The molecule has 2 aliphatic rings. The predicted molar refractivity (Wildman–Crippen MR) is 101 cm³/mol. The van der Waals surface area contributed by atoms with Crippen LogP contribution >= 0.6 is 12.4 Å². The molecule has 0 saturated carbocycles. The number of nitrogens with two attached hydrogens (primary N) is 1. The van der Waals surface area contributed by atoms with Crippen molar-refractivity contribution in [1.29, 1.82) is 0 Å². The summed E-state index contributed by atoms with van der Waals surface area (Å²) in [6, 6.07) is 5.09. The Bertz CT molecular complexity index is 752. The average molecular weight is 388 g/mol. The van der Waals surface area contributed by atoms with Gasteiger partial charge in [0.25, 0.3) is 0 Å². The molecule has 8 heteroatoms. The molecule has 2 N–H and O–H groups in total. The minimum atomic E-state index is -3.51. The van der Waals surface area contributed by atoms with Crippen molar-refractivity contribution in [2.24, 2.45) is 11.7 Å². The van der Waals surface area contributed by atoms with E-state index in [4.69, 9.17) is 5.73 Å². The topological polar surface area (TPSA) is 83.7 Å². The highest BCUT2D eigenvalue weighted by atomic mass is 35.5. The van der Waals surface area contributed by atoms with Crippen LogP contribution in [0.15, 0.2) is 23.1 Å². The number of benzene rings is 1. The van der Waals surface area contributed by atoms with Gasteiger partial charge in [-0.2, -0.15) is 4.31 Å². The van der Waals surface area contributed by atoms with Crippen LogP contribution in [-0.4, -0.2) is 44.3 Å². The number of fused-ring (bicyclic) bond motifs is 1. The second-order valence-electron chi connectivity index (χ2n) is 6.84. The quantitative estimate of drug-likeness (QED) is 0.856.